The molecule has 2 rings (SSSR count). The SMILES string of the molecule is CCC1(CN2C(=O)C(C)(CC)NC2C(C)C)CCC1. The van der Waals surface area contributed by atoms with Crippen LogP contribution in [0.15, 0.2) is 0 Å². The lowest BCUT2D eigenvalue weighted by molar-refractivity contribution is -0.136. The number of amides is 1. The van der Waals surface area contributed by atoms with Crippen LogP contribution in [0.2, 0.25) is 0 Å². The standard InChI is InChI=1S/C16H30N2O/c1-6-15(5)14(19)18(13(17-15)12(3)4)11-16(7-2)9-8-10-16/h12-13,17H,6-11H2,1-5H3. The van der Waals surface area contributed by atoms with Crippen LogP contribution in [0, 0.1) is 11.3 Å². The first kappa shape index (κ1) is 14.8. The number of hydrogen-bond acceptors (Lipinski definition) is 2. The molecule has 0 bridgehead atoms. The van der Waals surface area contributed by atoms with Gasteiger partial charge in [0.05, 0.1) is 11.7 Å². The first-order chi connectivity index (χ1) is 8.87. The molecular formula is C16H30N2O. The van der Waals surface area contributed by atoms with Crippen molar-refractivity contribution in [2.75, 3.05) is 6.54 Å². The molecule has 2 aliphatic rings. The fourth-order valence-corrected chi connectivity index (χ4v) is 3.52. The number of rotatable bonds is 5. The van der Waals surface area contributed by atoms with Crippen molar-refractivity contribution in [3.05, 3.63) is 0 Å². The number of carbonyl (C=O) groups is 1. The van der Waals surface area contributed by atoms with Crippen molar-refractivity contribution < 1.29 is 4.79 Å². The van der Waals surface area contributed by atoms with Crippen LogP contribution in [0.3, 0.4) is 0 Å². The third-order valence-electron chi connectivity index (χ3n) is 5.54. The van der Waals surface area contributed by atoms with E-state index in [1.165, 1.54) is 25.7 Å². The first-order valence-corrected chi connectivity index (χ1v) is 7.96. The van der Waals surface area contributed by atoms with Crippen LogP contribution in [-0.2, 0) is 4.79 Å². The second kappa shape index (κ2) is 5.08. The molecule has 2 atom stereocenters. The molecule has 19 heavy (non-hydrogen) atoms. The molecule has 1 saturated carbocycles. The normalized spacial score (nSPS) is 33.9. The van der Waals surface area contributed by atoms with E-state index in [1.54, 1.807) is 0 Å². The maximum Gasteiger partial charge on any atom is 0.243 e. The Morgan fingerprint density at radius 2 is 1.95 bits per heavy atom. The molecule has 0 spiro atoms. The monoisotopic (exact) mass is 266 g/mol. The van der Waals surface area contributed by atoms with Crippen LogP contribution >= 0.6 is 0 Å². The summed E-state index contributed by atoms with van der Waals surface area (Å²) in [4.78, 5) is 14.9. The minimum absolute atomic E-state index is 0.210. The Kier molecular flexibility index (Phi) is 3.97. The van der Waals surface area contributed by atoms with Gasteiger partial charge in [-0.15, -0.1) is 0 Å². The topological polar surface area (TPSA) is 32.3 Å². The van der Waals surface area contributed by atoms with E-state index in [0.717, 1.165) is 13.0 Å². The molecule has 2 unspecified atom stereocenters. The quantitative estimate of drug-likeness (QED) is 0.829. The van der Waals surface area contributed by atoms with Crippen molar-refractivity contribution in [3.63, 3.8) is 0 Å². The van der Waals surface area contributed by atoms with Crippen molar-refractivity contribution in [2.45, 2.75) is 78.4 Å². The van der Waals surface area contributed by atoms with Crippen molar-refractivity contribution in [3.8, 4) is 0 Å². The Morgan fingerprint density at radius 3 is 2.32 bits per heavy atom. The summed E-state index contributed by atoms with van der Waals surface area (Å²) < 4.78 is 0. The number of carbonyl (C=O) groups excluding carboxylic acids is 1. The molecule has 0 aromatic heterocycles. The van der Waals surface area contributed by atoms with Crippen molar-refractivity contribution >= 4 is 5.91 Å². The maximum absolute atomic E-state index is 12.8. The molecular weight excluding hydrogens is 236 g/mol. The highest BCUT2D eigenvalue weighted by atomic mass is 16.2. The van der Waals surface area contributed by atoms with Crippen LogP contribution in [0.4, 0.5) is 0 Å². The number of nitrogens with zero attached hydrogens (tertiary/aromatic N) is 1. The smallest absolute Gasteiger partial charge is 0.243 e. The molecule has 1 aliphatic heterocycles. The Hall–Kier alpha value is -0.570. The summed E-state index contributed by atoms with van der Waals surface area (Å²) in [5.41, 5.74) is 0.0527. The Balaban J connectivity index is 2.18. The average molecular weight is 266 g/mol. The van der Waals surface area contributed by atoms with Crippen LogP contribution in [0.1, 0.15) is 66.7 Å². The summed E-state index contributed by atoms with van der Waals surface area (Å²) in [6.07, 6.45) is 6.19. The van der Waals surface area contributed by atoms with Crippen LogP contribution < -0.4 is 5.32 Å². The summed E-state index contributed by atoms with van der Waals surface area (Å²) in [6, 6.07) is 0. The molecule has 1 N–H and O–H groups in total. The predicted octanol–water partition coefficient (Wildman–Crippen LogP) is 3.15. The molecule has 3 heteroatoms. The molecule has 2 fully saturated rings. The third kappa shape index (κ3) is 2.42. The van der Waals surface area contributed by atoms with Gasteiger partial charge in [-0.1, -0.05) is 34.1 Å². The van der Waals surface area contributed by atoms with E-state index in [4.69, 9.17) is 0 Å². The van der Waals surface area contributed by atoms with Crippen LogP contribution in [0.25, 0.3) is 0 Å². The lowest BCUT2D eigenvalue weighted by atomic mass is 9.66. The lowest BCUT2D eigenvalue weighted by Crippen LogP contribution is -2.49. The summed E-state index contributed by atoms with van der Waals surface area (Å²) in [6.45, 7) is 11.8. The van der Waals surface area contributed by atoms with Gasteiger partial charge in [-0.25, -0.2) is 0 Å². The van der Waals surface area contributed by atoms with Gasteiger partial charge in [-0.3, -0.25) is 10.1 Å². The van der Waals surface area contributed by atoms with Gasteiger partial charge in [0.15, 0.2) is 0 Å². The molecule has 1 aliphatic carbocycles. The maximum atomic E-state index is 12.8. The minimum atomic E-state index is -0.354. The van der Waals surface area contributed by atoms with Gasteiger partial charge in [0.25, 0.3) is 0 Å². The van der Waals surface area contributed by atoms with E-state index in [-0.39, 0.29) is 11.7 Å². The van der Waals surface area contributed by atoms with E-state index >= 15 is 0 Å². The number of hydrogen-bond donors (Lipinski definition) is 1. The van der Waals surface area contributed by atoms with Crippen LogP contribution in [0.5, 0.6) is 0 Å². The molecule has 1 saturated heterocycles. The van der Waals surface area contributed by atoms with Gasteiger partial charge >= 0.3 is 0 Å². The zero-order valence-electron chi connectivity index (χ0n) is 13.3. The molecule has 0 aromatic carbocycles. The van der Waals surface area contributed by atoms with E-state index in [9.17, 15) is 4.79 Å². The fourth-order valence-electron chi connectivity index (χ4n) is 3.52. The second-order valence-electron chi connectivity index (χ2n) is 7.16. The van der Waals surface area contributed by atoms with Crippen molar-refractivity contribution in [1.29, 1.82) is 0 Å². The van der Waals surface area contributed by atoms with Gasteiger partial charge in [0.1, 0.15) is 0 Å². The predicted molar refractivity (Wildman–Crippen MR) is 78.7 cm³/mol. The Labute approximate surface area is 118 Å². The van der Waals surface area contributed by atoms with Gasteiger partial charge in [0, 0.05) is 6.54 Å². The molecule has 3 nitrogen and oxygen atoms in total. The summed E-state index contributed by atoms with van der Waals surface area (Å²) >= 11 is 0. The number of nitrogens with one attached hydrogen (secondary N) is 1. The molecule has 0 radical (unpaired) electrons. The lowest BCUT2D eigenvalue weighted by Gasteiger charge is -2.45. The van der Waals surface area contributed by atoms with Gasteiger partial charge in [-0.05, 0) is 43.9 Å². The van der Waals surface area contributed by atoms with Crippen LogP contribution in [-0.4, -0.2) is 29.1 Å². The highest BCUT2D eigenvalue weighted by molar-refractivity contribution is 5.88. The average Bonchev–Trinajstić information content (AvgIpc) is 2.59. The zero-order chi connectivity index (χ0) is 14.3. The van der Waals surface area contributed by atoms with Gasteiger partial charge in [-0.2, -0.15) is 0 Å². The minimum Gasteiger partial charge on any atom is -0.325 e. The van der Waals surface area contributed by atoms with E-state index in [0.29, 0.717) is 17.2 Å². The zero-order valence-corrected chi connectivity index (χ0v) is 13.3. The Bertz CT molecular complexity index is 343. The molecule has 0 aromatic rings. The third-order valence-corrected chi connectivity index (χ3v) is 5.54. The van der Waals surface area contributed by atoms with Gasteiger partial charge < -0.3 is 4.90 Å². The van der Waals surface area contributed by atoms with E-state index in [2.05, 4.69) is 44.8 Å². The summed E-state index contributed by atoms with van der Waals surface area (Å²) in [7, 11) is 0. The van der Waals surface area contributed by atoms with E-state index < -0.39 is 0 Å². The van der Waals surface area contributed by atoms with E-state index in [1.807, 2.05) is 0 Å². The van der Waals surface area contributed by atoms with Crippen molar-refractivity contribution in [2.24, 2.45) is 11.3 Å². The molecule has 1 amide bonds. The fraction of sp³-hybridized carbons (Fsp3) is 0.938. The van der Waals surface area contributed by atoms with Gasteiger partial charge in [0.2, 0.25) is 5.91 Å². The summed E-state index contributed by atoms with van der Waals surface area (Å²) in [5, 5.41) is 3.59. The Morgan fingerprint density at radius 1 is 1.32 bits per heavy atom. The van der Waals surface area contributed by atoms with Crippen molar-refractivity contribution in [1.82, 2.24) is 10.2 Å². The highest BCUT2D eigenvalue weighted by Gasteiger charge is 2.50. The first-order valence-electron chi connectivity index (χ1n) is 7.96. The highest BCUT2D eigenvalue weighted by Crippen LogP contribution is 2.45. The largest absolute Gasteiger partial charge is 0.325 e. The second-order valence-corrected chi connectivity index (χ2v) is 7.16. The summed E-state index contributed by atoms with van der Waals surface area (Å²) in [5.74, 6) is 0.778. The molecule has 1 heterocycles. The molecule has 110 valence electrons.